The van der Waals surface area contributed by atoms with Gasteiger partial charge in [0.15, 0.2) is 5.16 Å². The number of thiophene rings is 1. The molecule has 29 heavy (non-hydrogen) atoms. The number of anilines is 1. The van der Waals surface area contributed by atoms with Crippen LogP contribution in [0.4, 0.5) is 18.9 Å². The Kier molecular flexibility index (Phi) is 6.60. The number of benzene rings is 1. The molecular weight excluding hydrogens is 427 g/mol. The largest absolute Gasteiger partial charge is 0.416 e. The summed E-state index contributed by atoms with van der Waals surface area (Å²) < 4.78 is 45.4. The number of carbonyl (C=O) groups excluding carboxylic acids is 1. The fraction of sp³-hybridized carbons (Fsp3) is 0.278. The van der Waals surface area contributed by atoms with Crippen molar-refractivity contribution in [1.82, 2.24) is 9.55 Å². The Morgan fingerprint density at radius 3 is 2.86 bits per heavy atom. The van der Waals surface area contributed by atoms with Gasteiger partial charge in [-0.2, -0.15) is 13.2 Å². The maximum absolute atomic E-state index is 12.8. The third-order valence-corrected chi connectivity index (χ3v) is 5.72. The van der Waals surface area contributed by atoms with Crippen molar-refractivity contribution in [2.24, 2.45) is 0 Å². The molecule has 0 unspecified atom stereocenters. The number of aromatic nitrogens is 2. The lowest BCUT2D eigenvalue weighted by Crippen LogP contribution is -2.25. The maximum Gasteiger partial charge on any atom is 0.416 e. The molecule has 0 aliphatic heterocycles. The number of nitrogens with one attached hydrogen (secondary N) is 1. The van der Waals surface area contributed by atoms with Crippen LogP contribution in [0.25, 0.3) is 10.2 Å². The van der Waals surface area contributed by atoms with Crippen LogP contribution >= 0.6 is 23.1 Å². The van der Waals surface area contributed by atoms with Crippen LogP contribution in [0.2, 0.25) is 0 Å². The van der Waals surface area contributed by atoms with E-state index < -0.39 is 17.6 Å². The third kappa shape index (κ3) is 5.17. The lowest BCUT2D eigenvalue weighted by molar-refractivity contribution is -0.137. The molecule has 3 aromatic rings. The van der Waals surface area contributed by atoms with Crippen molar-refractivity contribution in [3.8, 4) is 0 Å². The monoisotopic (exact) mass is 443 g/mol. The first-order valence-electron chi connectivity index (χ1n) is 8.36. The van der Waals surface area contributed by atoms with Gasteiger partial charge in [0.1, 0.15) is 4.70 Å². The van der Waals surface area contributed by atoms with Crippen LogP contribution in [0.3, 0.4) is 0 Å². The number of nitrogens with zero attached hydrogens (tertiary/aromatic N) is 2. The molecule has 0 bridgehead atoms. The van der Waals surface area contributed by atoms with Crippen molar-refractivity contribution < 1.29 is 22.7 Å². The molecule has 0 saturated heterocycles. The minimum atomic E-state index is -4.49. The molecule has 0 fully saturated rings. The summed E-state index contributed by atoms with van der Waals surface area (Å²) in [6, 6.07) is 6.11. The Labute approximate surface area is 171 Å². The normalized spacial score (nSPS) is 11.7. The van der Waals surface area contributed by atoms with Gasteiger partial charge in [0.25, 0.3) is 5.56 Å². The number of fused-ring (bicyclic) bond motifs is 1. The topological polar surface area (TPSA) is 73.2 Å². The summed E-state index contributed by atoms with van der Waals surface area (Å²) in [7, 11) is 1.51. The minimum absolute atomic E-state index is 0.0449. The number of thioether (sulfide) groups is 1. The number of carbonyl (C=O) groups is 1. The maximum atomic E-state index is 12.8. The van der Waals surface area contributed by atoms with Crippen LogP contribution in [-0.2, 0) is 22.3 Å². The van der Waals surface area contributed by atoms with Crippen LogP contribution in [-0.4, -0.2) is 34.9 Å². The van der Waals surface area contributed by atoms with E-state index in [1.165, 1.54) is 35.1 Å². The molecular formula is C18H16F3N3O3S2. The summed E-state index contributed by atoms with van der Waals surface area (Å²) in [5.74, 6) is -0.627. The second-order valence-corrected chi connectivity index (χ2v) is 7.75. The van der Waals surface area contributed by atoms with E-state index in [0.29, 0.717) is 22.0 Å². The number of methoxy groups -OCH3 is 1. The summed E-state index contributed by atoms with van der Waals surface area (Å²) in [4.78, 5) is 29.3. The average Bonchev–Trinajstić information content (AvgIpc) is 3.14. The first kappa shape index (κ1) is 21.3. The first-order chi connectivity index (χ1) is 13.8. The van der Waals surface area contributed by atoms with E-state index in [4.69, 9.17) is 4.74 Å². The number of rotatable bonds is 7. The number of halogens is 3. The molecule has 1 aromatic carbocycles. The second-order valence-electron chi connectivity index (χ2n) is 5.89. The molecule has 2 heterocycles. The molecule has 0 aliphatic rings. The van der Waals surface area contributed by atoms with Crippen molar-refractivity contribution in [3.05, 3.63) is 51.6 Å². The Morgan fingerprint density at radius 2 is 2.14 bits per heavy atom. The SMILES string of the molecule is COCCn1c(SCC(=O)Nc2cccc(C(F)(F)F)c2)nc2ccsc2c1=O. The van der Waals surface area contributed by atoms with Gasteiger partial charge in [0.05, 0.1) is 30.0 Å². The number of hydrogen-bond donors (Lipinski definition) is 1. The first-order valence-corrected chi connectivity index (χ1v) is 10.2. The predicted molar refractivity (Wildman–Crippen MR) is 107 cm³/mol. The Hall–Kier alpha value is -2.37. The van der Waals surface area contributed by atoms with Crippen molar-refractivity contribution in [3.63, 3.8) is 0 Å². The Bertz CT molecular complexity index is 1080. The fourth-order valence-electron chi connectivity index (χ4n) is 2.51. The molecule has 3 rings (SSSR count). The summed E-state index contributed by atoms with van der Waals surface area (Å²) in [6.07, 6.45) is -4.49. The van der Waals surface area contributed by atoms with Gasteiger partial charge in [0.2, 0.25) is 5.91 Å². The standard InChI is InChI=1S/C18H16F3N3O3S2/c1-27-7-6-24-16(26)15-13(5-8-28-15)23-17(24)29-10-14(25)22-12-4-2-3-11(9-12)18(19,20)21/h2-5,8-9H,6-7,10H2,1H3,(H,22,25). The molecule has 11 heteroatoms. The molecule has 2 aromatic heterocycles. The zero-order chi connectivity index (χ0) is 21.0. The van der Waals surface area contributed by atoms with Crippen molar-refractivity contribution in [1.29, 1.82) is 0 Å². The van der Waals surface area contributed by atoms with E-state index >= 15 is 0 Å². The van der Waals surface area contributed by atoms with Gasteiger partial charge >= 0.3 is 6.18 Å². The highest BCUT2D eigenvalue weighted by Crippen LogP contribution is 2.30. The molecule has 0 aliphatic carbocycles. The fourth-order valence-corrected chi connectivity index (χ4v) is 4.12. The van der Waals surface area contributed by atoms with Crippen LogP contribution in [0.15, 0.2) is 45.7 Å². The summed E-state index contributed by atoms with van der Waals surface area (Å²) >= 11 is 2.32. The summed E-state index contributed by atoms with van der Waals surface area (Å²) in [5.41, 5.74) is -0.485. The van der Waals surface area contributed by atoms with Gasteiger partial charge in [-0.1, -0.05) is 17.8 Å². The number of alkyl halides is 3. The van der Waals surface area contributed by atoms with Crippen LogP contribution in [0.5, 0.6) is 0 Å². The number of amides is 1. The van der Waals surface area contributed by atoms with E-state index in [-0.39, 0.29) is 23.5 Å². The van der Waals surface area contributed by atoms with Gasteiger partial charge in [-0.3, -0.25) is 14.2 Å². The van der Waals surface area contributed by atoms with Crippen LogP contribution in [0, 0.1) is 0 Å². The van der Waals surface area contributed by atoms with E-state index in [1.807, 2.05) is 0 Å². The van der Waals surface area contributed by atoms with Gasteiger partial charge in [-0.05, 0) is 29.6 Å². The van der Waals surface area contributed by atoms with E-state index in [1.54, 1.807) is 11.4 Å². The molecule has 6 nitrogen and oxygen atoms in total. The van der Waals surface area contributed by atoms with Crippen LogP contribution in [0.1, 0.15) is 5.56 Å². The lowest BCUT2D eigenvalue weighted by atomic mass is 10.2. The predicted octanol–water partition coefficient (Wildman–Crippen LogP) is 3.85. The highest BCUT2D eigenvalue weighted by molar-refractivity contribution is 7.99. The smallest absolute Gasteiger partial charge is 0.383 e. The van der Waals surface area contributed by atoms with Gasteiger partial charge in [-0.15, -0.1) is 11.3 Å². The Balaban J connectivity index is 1.74. The van der Waals surface area contributed by atoms with E-state index in [2.05, 4.69) is 10.3 Å². The van der Waals surface area contributed by atoms with Crippen molar-refractivity contribution in [2.45, 2.75) is 17.9 Å². The molecule has 0 atom stereocenters. The third-order valence-electron chi connectivity index (χ3n) is 3.86. The number of hydrogen-bond acceptors (Lipinski definition) is 6. The minimum Gasteiger partial charge on any atom is -0.383 e. The highest BCUT2D eigenvalue weighted by Gasteiger charge is 2.30. The molecule has 154 valence electrons. The van der Waals surface area contributed by atoms with Crippen LogP contribution < -0.4 is 10.9 Å². The van der Waals surface area contributed by atoms with E-state index in [9.17, 15) is 22.8 Å². The zero-order valence-electron chi connectivity index (χ0n) is 15.2. The summed E-state index contributed by atoms with van der Waals surface area (Å²) in [5, 5.41) is 4.54. The van der Waals surface area contributed by atoms with Crippen molar-refractivity contribution >= 4 is 44.9 Å². The molecule has 0 spiro atoms. The van der Waals surface area contributed by atoms with Crippen molar-refractivity contribution in [2.75, 3.05) is 24.8 Å². The zero-order valence-corrected chi connectivity index (χ0v) is 16.8. The lowest BCUT2D eigenvalue weighted by Gasteiger charge is -2.12. The van der Waals surface area contributed by atoms with Gasteiger partial charge in [0, 0.05) is 12.8 Å². The molecule has 0 saturated carbocycles. The number of ether oxygens (including phenoxy) is 1. The molecule has 1 N–H and O–H groups in total. The quantitative estimate of drug-likeness (QED) is 0.444. The van der Waals surface area contributed by atoms with Gasteiger partial charge in [-0.25, -0.2) is 4.98 Å². The molecule has 1 amide bonds. The average molecular weight is 443 g/mol. The summed E-state index contributed by atoms with van der Waals surface area (Å²) in [6.45, 7) is 0.566. The van der Waals surface area contributed by atoms with Gasteiger partial charge < -0.3 is 10.1 Å². The van der Waals surface area contributed by atoms with E-state index in [0.717, 1.165) is 23.9 Å². The molecule has 0 radical (unpaired) electrons. The highest BCUT2D eigenvalue weighted by atomic mass is 32.2. The Morgan fingerprint density at radius 1 is 1.34 bits per heavy atom. The second kappa shape index (κ2) is 8.97.